The Bertz CT molecular complexity index is 255. The maximum Gasteiger partial charge on any atom is 0.249 e. The molecule has 1 rings (SSSR count). The zero-order chi connectivity index (χ0) is 13.4. The summed E-state index contributed by atoms with van der Waals surface area (Å²) < 4.78 is 5.27. The molecule has 0 aromatic heterocycles. The summed E-state index contributed by atoms with van der Waals surface area (Å²) in [6, 6.07) is 0. The van der Waals surface area contributed by atoms with Crippen LogP contribution in [0, 0.1) is 5.92 Å². The van der Waals surface area contributed by atoms with Crippen LogP contribution in [0.15, 0.2) is 0 Å². The van der Waals surface area contributed by atoms with Crippen LogP contribution >= 0.6 is 0 Å². The molecule has 1 aliphatic rings. The number of ether oxygens (including phenoxy) is 1. The van der Waals surface area contributed by atoms with Gasteiger partial charge in [-0.2, -0.15) is 0 Å². The first-order valence-electron chi connectivity index (χ1n) is 6.86. The summed E-state index contributed by atoms with van der Waals surface area (Å²) in [4.78, 5) is 23.2. The zero-order valence-electron chi connectivity index (χ0n) is 11.3. The van der Waals surface area contributed by atoms with Crippen LogP contribution in [0.3, 0.4) is 0 Å². The van der Waals surface area contributed by atoms with Crippen molar-refractivity contribution in [1.29, 1.82) is 0 Å². The number of hydrogen-bond acceptors (Lipinski definition) is 3. The molecule has 5 heteroatoms. The molecule has 1 fully saturated rings. The van der Waals surface area contributed by atoms with E-state index in [1.165, 1.54) is 0 Å². The van der Waals surface area contributed by atoms with E-state index in [0.29, 0.717) is 19.7 Å². The Morgan fingerprint density at radius 1 is 1.22 bits per heavy atom. The van der Waals surface area contributed by atoms with E-state index in [1.54, 1.807) is 0 Å². The summed E-state index contributed by atoms with van der Waals surface area (Å²) in [5.74, 6) is 0.0921. The van der Waals surface area contributed by atoms with Crippen LogP contribution in [-0.2, 0) is 14.3 Å². The van der Waals surface area contributed by atoms with E-state index >= 15 is 0 Å². The molecule has 1 unspecified atom stereocenters. The molecule has 18 heavy (non-hydrogen) atoms. The third-order valence-electron chi connectivity index (χ3n) is 3.30. The fourth-order valence-electron chi connectivity index (χ4n) is 2.07. The van der Waals surface area contributed by atoms with Gasteiger partial charge in [0.2, 0.25) is 11.8 Å². The van der Waals surface area contributed by atoms with E-state index in [0.717, 1.165) is 25.7 Å². The molecule has 104 valence electrons. The van der Waals surface area contributed by atoms with Gasteiger partial charge in [0.25, 0.3) is 0 Å². The molecule has 1 atom stereocenters. The minimum absolute atomic E-state index is 0.0655. The van der Waals surface area contributed by atoms with E-state index in [1.807, 2.05) is 13.8 Å². The van der Waals surface area contributed by atoms with E-state index in [2.05, 4.69) is 10.6 Å². The zero-order valence-corrected chi connectivity index (χ0v) is 11.3. The van der Waals surface area contributed by atoms with E-state index in [9.17, 15) is 9.59 Å². The van der Waals surface area contributed by atoms with Crippen molar-refractivity contribution >= 4 is 11.8 Å². The van der Waals surface area contributed by atoms with Crippen molar-refractivity contribution in [2.45, 2.75) is 45.6 Å². The predicted octanol–water partition coefficient (Wildman–Crippen LogP) is 0.834. The molecule has 0 saturated carbocycles. The van der Waals surface area contributed by atoms with Gasteiger partial charge in [0.15, 0.2) is 0 Å². The molecule has 2 N–H and O–H groups in total. The number of rotatable bonds is 7. The molecule has 0 radical (unpaired) electrons. The fraction of sp³-hybridized carbons (Fsp3) is 0.846. The highest BCUT2D eigenvalue weighted by molar-refractivity contribution is 5.81. The van der Waals surface area contributed by atoms with Crippen LogP contribution < -0.4 is 10.6 Å². The van der Waals surface area contributed by atoms with Crippen molar-refractivity contribution < 1.29 is 14.3 Å². The highest BCUT2D eigenvalue weighted by Crippen LogP contribution is 2.11. The first kappa shape index (κ1) is 15.0. The minimum Gasteiger partial charge on any atom is -0.368 e. The van der Waals surface area contributed by atoms with Crippen molar-refractivity contribution in [1.82, 2.24) is 10.6 Å². The third-order valence-corrected chi connectivity index (χ3v) is 3.30. The molecular weight excluding hydrogens is 232 g/mol. The lowest BCUT2D eigenvalue weighted by atomic mass is 10.0. The summed E-state index contributed by atoms with van der Waals surface area (Å²) in [5.41, 5.74) is 0. The molecule has 1 saturated heterocycles. The minimum atomic E-state index is -0.292. The number of carbonyl (C=O) groups excluding carboxylic acids is 2. The monoisotopic (exact) mass is 256 g/mol. The van der Waals surface area contributed by atoms with Crippen LogP contribution in [0.1, 0.15) is 39.5 Å². The quantitative estimate of drug-likeness (QED) is 0.663. The highest BCUT2D eigenvalue weighted by Gasteiger charge is 2.22. The Kier molecular flexibility index (Phi) is 6.72. The average molecular weight is 256 g/mol. The maximum absolute atomic E-state index is 11.7. The predicted molar refractivity (Wildman–Crippen MR) is 69.1 cm³/mol. The number of amides is 2. The van der Waals surface area contributed by atoms with Gasteiger partial charge < -0.3 is 15.4 Å². The van der Waals surface area contributed by atoms with Gasteiger partial charge in [-0.3, -0.25) is 9.59 Å². The molecule has 0 bridgehead atoms. The van der Waals surface area contributed by atoms with Crippen LogP contribution in [0.5, 0.6) is 0 Å². The molecule has 1 aliphatic heterocycles. The Hall–Kier alpha value is -1.10. The smallest absolute Gasteiger partial charge is 0.249 e. The van der Waals surface area contributed by atoms with Crippen LogP contribution in [0.25, 0.3) is 0 Å². The lowest BCUT2D eigenvalue weighted by Crippen LogP contribution is -2.40. The molecule has 1 heterocycles. The van der Waals surface area contributed by atoms with Gasteiger partial charge in [0.1, 0.15) is 6.10 Å². The second kappa shape index (κ2) is 8.08. The highest BCUT2D eigenvalue weighted by atomic mass is 16.5. The van der Waals surface area contributed by atoms with E-state index in [4.69, 9.17) is 4.74 Å². The van der Waals surface area contributed by atoms with Gasteiger partial charge in [0.05, 0.1) is 0 Å². The molecular formula is C13H24N2O3. The van der Waals surface area contributed by atoms with Gasteiger partial charge in [-0.05, 0) is 25.7 Å². The maximum atomic E-state index is 11.7. The summed E-state index contributed by atoms with van der Waals surface area (Å²) in [6.45, 7) is 5.63. The Morgan fingerprint density at radius 3 is 2.44 bits per heavy atom. The van der Waals surface area contributed by atoms with Crippen molar-refractivity contribution in [3.8, 4) is 0 Å². The lowest BCUT2D eigenvalue weighted by molar-refractivity contribution is -0.130. The molecule has 0 spiro atoms. The van der Waals surface area contributed by atoms with Crippen molar-refractivity contribution in [2.24, 2.45) is 5.92 Å². The molecule has 0 aliphatic carbocycles. The average Bonchev–Trinajstić information content (AvgIpc) is 2.89. The first-order valence-corrected chi connectivity index (χ1v) is 6.86. The van der Waals surface area contributed by atoms with E-state index in [-0.39, 0.29) is 23.8 Å². The molecule has 0 aromatic rings. The second-order valence-corrected chi connectivity index (χ2v) is 4.60. The summed E-state index contributed by atoms with van der Waals surface area (Å²) in [5, 5.41) is 5.61. The number of hydrogen-bond donors (Lipinski definition) is 2. The standard InChI is InChI=1S/C13H24N2O3/c1-3-10(4-2)12(16)14-7-8-15-13(17)11-6-5-9-18-11/h10-11H,3-9H2,1-2H3,(H,14,16)(H,15,17). The second-order valence-electron chi connectivity index (χ2n) is 4.60. The van der Waals surface area contributed by atoms with Crippen molar-refractivity contribution in [2.75, 3.05) is 19.7 Å². The summed E-state index contributed by atoms with van der Waals surface area (Å²) >= 11 is 0. The molecule has 0 aromatic carbocycles. The van der Waals surface area contributed by atoms with Gasteiger partial charge in [-0.25, -0.2) is 0 Å². The Labute approximate surface area is 109 Å². The van der Waals surface area contributed by atoms with Gasteiger partial charge in [-0.1, -0.05) is 13.8 Å². The lowest BCUT2D eigenvalue weighted by Gasteiger charge is -2.14. The van der Waals surface area contributed by atoms with Crippen LogP contribution in [-0.4, -0.2) is 37.6 Å². The fourth-order valence-corrected chi connectivity index (χ4v) is 2.07. The normalized spacial score (nSPS) is 18.9. The topological polar surface area (TPSA) is 67.4 Å². The largest absolute Gasteiger partial charge is 0.368 e. The molecule has 5 nitrogen and oxygen atoms in total. The number of nitrogens with one attached hydrogen (secondary N) is 2. The third kappa shape index (κ3) is 4.64. The van der Waals surface area contributed by atoms with Crippen molar-refractivity contribution in [3.63, 3.8) is 0 Å². The van der Waals surface area contributed by atoms with E-state index < -0.39 is 0 Å². The van der Waals surface area contributed by atoms with Gasteiger partial charge in [0, 0.05) is 25.6 Å². The summed E-state index contributed by atoms with van der Waals surface area (Å²) in [7, 11) is 0. The van der Waals surface area contributed by atoms with Crippen LogP contribution in [0.2, 0.25) is 0 Å². The Balaban J connectivity index is 2.10. The first-order chi connectivity index (χ1) is 8.69. The number of carbonyl (C=O) groups is 2. The Morgan fingerprint density at radius 2 is 1.89 bits per heavy atom. The van der Waals surface area contributed by atoms with Crippen LogP contribution in [0.4, 0.5) is 0 Å². The van der Waals surface area contributed by atoms with Gasteiger partial charge in [-0.15, -0.1) is 0 Å². The SMILES string of the molecule is CCC(CC)C(=O)NCCNC(=O)C1CCCO1. The summed E-state index contributed by atoms with van der Waals surface area (Å²) in [6.07, 6.45) is 3.16. The molecule has 2 amide bonds. The van der Waals surface area contributed by atoms with Crippen molar-refractivity contribution in [3.05, 3.63) is 0 Å². The van der Waals surface area contributed by atoms with Gasteiger partial charge >= 0.3 is 0 Å².